The van der Waals surface area contributed by atoms with Gasteiger partial charge in [0.15, 0.2) is 0 Å². The number of benzene rings is 1. The van der Waals surface area contributed by atoms with Gasteiger partial charge in [-0.15, -0.1) is 0 Å². The highest BCUT2D eigenvalue weighted by atomic mass is 16.5. The molecule has 0 aliphatic carbocycles. The van der Waals surface area contributed by atoms with Gasteiger partial charge in [-0.2, -0.15) is 0 Å². The summed E-state index contributed by atoms with van der Waals surface area (Å²) in [5.41, 5.74) is 2.42. The van der Waals surface area contributed by atoms with Crippen LogP contribution in [0.5, 0.6) is 0 Å². The van der Waals surface area contributed by atoms with Crippen molar-refractivity contribution in [2.24, 2.45) is 5.92 Å². The number of nitrogens with one attached hydrogen (secondary N) is 1. The summed E-state index contributed by atoms with van der Waals surface area (Å²) in [6.07, 6.45) is 0.945. The van der Waals surface area contributed by atoms with Gasteiger partial charge in [0, 0.05) is 6.54 Å². The molecule has 3 nitrogen and oxygen atoms in total. The molecule has 3 heteroatoms. The molecule has 0 amide bonds. The van der Waals surface area contributed by atoms with Gasteiger partial charge in [0.05, 0.1) is 7.11 Å². The van der Waals surface area contributed by atoms with Crippen LogP contribution in [-0.4, -0.2) is 19.1 Å². The van der Waals surface area contributed by atoms with E-state index in [2.05, 4.69) is 44.3 Å². The third kappa shape index (κ3) is 4.15. The number of carbonyl (C=O) groups is 1. The maximum Gasteiger partial charge on any atom is 0.323 e. The third-order valence-corrected chi connectivity index (χ3v) is 3.28. The van der Waals surface area contributed by atoms with Gasteiger partial charge in [-0.05, 0) is 18.4 Å². The highest BCUT2D eigenvalue weighted by Gasteiger charge is 2.23. The molecule has 0 aromatic heterocycles. The molecule has 1 N–H and O–H groups in total. The smallest absolute Gasteiger partial charge is 0.323 e. The van der Waals surface area contributed by atoms with Crippen molar-refractivity contribution in [3.8, 4) is 0 Å². The largest absolute Gasteiger partial charge is 0.468 e. The van der Waals surface area contributed by atoms with Crippen LogP contribution in [0.2, 0.25) is 0 Å². The number of methoxy groups -OCH3 is 1. The summed E-state index contributed by atoms with van der Waals surface area (Å²) in [6, 6.07) is 8.04. The van der Waals surface area contributed by atoms with E-state index in [1.165, 1.54) is 18.2 Å². The zero-order valence-corrected chi connectivity index (χ0v) is 11.7. The molecule has 0 fully saturated rings. The first kappa shape index (κ1) is 14.7. The highest BCUT2D eigenvalue weighted by Crippen LogP contribution is 2.11. The first-order chi connectivity index (χ1) is 8.58. The first-order valence-electron chi connectivity index (χ1n) is 6.45. The van der Waals surface area contributed by atoms with Crippen LogP contribution in [0.4, 0.5) is 0 Å². The Labute approximate surface area is 110 Å². The Morgan fingerprint density at radius 2 is 2.17 bits per heavy atom. The molecule has 0 saturated heterocycles. The molecule has 0 radical (unpaired) electrons. The maximum absolute atomic E-state index is 11.7. The summed E-state index contributed by atoms with van der Waals surface area (Å²) >= 11 is 0. The van der Waals surface area contributed by atoms with Crippen LogP contribution in [0.3, 0.4) is 0 Å². The predicted octanol–water partition coefficient (Wildman–Crippen LogP) is 2.67. The average molecular weight is 249 g/mol. The van der Waals surface area contributed by atoms with E-state index < -0.39 is 0 Å². The number of rotatable bonds is 6. The number of carbonyl (C=O) groups excluding carboxylic acids is 1. The van der Waals surface area contributed by atoms with Crippen molar-refractivity contribution in [1.82, 2.24) is 5.32 Å². The zero-order chi connectivity index (χ0) is 13.5. The molecule has 2 atom stereocenters. The second-order valence-corrected chi connectivity index (χ2v) is 4.76. The summed E-state index contributed by atoms with van der Waals surface area (Å²) in [5, 5.41) is 3.29. The number of esters is 1. The molecule has 1 aromatic rings. The van der Waals surface area contributed by atoms with Crippen molar-refractivity contribution < 1.29 is 9.53 Å². The Kier molecular flexibility index (Phi) is 5.86. The maximum atomic E-state index is 11.7. The zero-order valence-electron chi connectivity index (χ0n) is 11.7. The lowest BCUT2D eigenvalue weighted by Crippen LogP contribution is -2.42. The highest BCUT2D eigenvalue weighted by molar-refractivity contribution is 5.75. The molecule has 2 unspecified atom stereocenters. The van der Waals surface area contributed by atoms with Crippen LogP contribution in [-0.2, 0) is 16.1 Å². The quantitative estimate of drug-likeness (QED) is 0.788. The van der Waals surface area contributed by atoms with Crippen molar-refractivity contribution in [1.29, 1.82) is 0 Å². The Morgan fingerprint density at radius 1 is 1.44 bits per heavy atom. The van der Waals surface area contributed by atoms with E-state index in [0.717, 1.165) is 6.42 Å². The number of hydrogen-bond donors (Lipinski definition) is 1. The Balaban J connectivity index is 2.64. The second-order valence-electron chi connectivity index (χ2n) is 4.76. The fourth-order valence-corrected chi connectivity index (χ4v) is 1.93. The van der Waals surface area contributed by atoms with Gasteiger partial charge in [-0.25, -0.2) is 0 Å². The first-order valence-corrected chi connectivity index (χ1v) is 6.45. The van der Waals surface area contributed by atoms with Gasteiger partial charge in [-0.1, -0.05) is 50.1 Å². The molecule has 1 aromatic carbocycles. The van der Waals surface area contributed by atoms with E-state index in [4.69, 9.17) is 4.74 Å². The van der Waals surface area contributed by atoms with Crippen LogP contribution in [0.1, 0.15) is 31.4 Å². The molecule has 0 aliphatic heterocycles. The molecule has 0 spiro atoms. The van der Waals surface area contributed by atoms with Crippen LogP contribution in [0.25, 0.3) is 0 Å². The molecule has 0 heterocycles. The van der Waals surface area contributed by atoms with Crippen LogP contribution < -0.4 is 5.32 Å². The number of aryl methyl sites for hydroxylation is 1. The Bertz CT molecular complexity index is 390. The van der Waals surface area contributed by atoms with Gasteiger partial charge >= 0.3 is 5.97 Å². The van der Waals surface area contributed by atoms with E-state index in [1.807, 2.05) is 6.07 Å². The summed E-state index contributed by atoms with van der Waals surface area (Å²) in [5.74, 6) is 0.0827. The van der Waals surface area contributed by atoms with Crippen molar-refractivity contribution >= 4 is 5.97 Å². The number of hydrogen-bond acceptors (Lipinski definition) is 3. The van der Waals surface area contributed by atoms with Gasteiger partial charge < -0.3 is 10.1 Å². The molecule has 100 valence electrons. The standard InChI is InChI=1S/C15H23NO2/c1-5-12(3)14(15(17)18-4)16-10-13-8-6-7-11(2)9-13/h6-9,12,14,16H,5,10H2,1-4H3. The summed E-state index contributed by atoms with van der Waals surface area (Å²) < 4.78 is 4.85. The summed E-state index contributed by atoms with van der Waals surface area (Å²) in [6.45, 7) is 6.89. The van der Waals surface area contributed by atoms with Gasteiger partial charge in [0.1, 0.15) is 6.04 Å². The fourth-order valence-electron chi connectivity index (χ4n) is 1.93. The van der Waals surface area contributed by atoms with Gasteiger partial charge in [-0.3, -0.25) is 4.79 Å². The lowest BCUT2D eigenvalue weighted by molar-refractivity contribution is -0.144. The minimum absolute atomic E-state index is 0.183. The summed E-state index contributed by atoms with van der Waals surface area (Å²) in [7, 11) is 1.44. The van der Waals surface area contributed by atoms with Crippen molar-refractivity contribution in [3.63, 3.8) is 0 Å². The van der Waals surface area contributed by atoms with Crippen LogP contribution >= 0.6 is 0 Å². The van der Waals surface area contributed by atoms with E-state index in [1.54, 1.807) is 0 Å². The van der Waals surface area contributed by atoms with E-state index in [-0.39, 0.29) is 17.9 Å². The average Bonchev–Trinajstić information content (AvgIpc) is 2.38. The molecular weight excluding hydrogens is 226 g/mol. The van der Waals surface area contributed by atoms with Crippen molar-refractivity contribution in [3.05, 3.63) is 35.4 Å². The van der Waals surface area contributed by atoms with E-state index in [9.17, 15) is 4.79 Å². The normalized spacial score (nSPS) is 14.0. The molecule has 0 saturated carbocycles. The monoisotopic (exact) mass is 249 g/mol. The fraction of sp³-hybridized carbons (Fsp3) is 0.533. The molecule has 1 rings (SSSR count). The minimum atomic E-state index is -0.236. The second kappa shape index (κ2) is 7.17. The molecule has 0 aliphatic rings. The van der Waals surface area contributed by atoms with Gasteiger partial charge in [0.25, 0.3) is 0 Å². The predicted molar refractivity (Wildman–Crippen MR) is 73.3 cm³/mol. The van der Waals surface area contributed by atoms with E-state index >= 15 is 0 Å². The number of ether oxygens (including phenoxy) is 1. The SMILES string of the molecule is CCC(C)C(NCc1cccc(C)c1)C(=O)OC. The lowest BCUT2D eigenvalue weighted by Gasteiger charge is -2.22. The van der Waals surface area contributed by atoms with Crippen molar-refractivity contribution in [2.75, 3.05) is 7.11 Å². The molecule has 18 heavy (non-hydrogen) atoms. The van der Waals surface area contributed by atoms with Gasteiger partial charge in [0.2, 0.25) is 0 Å². The topological polar surface area (TPSA) is 38.3 Å². The third-order valence-electron chi connectivity index (χ3n) is 3.28. The Hall–Kier alpha value is -1.35. The molecule has 0 bridgehead atoms. The lowest BCUT2D eigenvalue weighted by atomic mass is 9.99. The van der Waals surface area contributed by atoms with Crippen LogP contribution in [0.15, 0.2) is 24.3 Å². The van der Waals surface area contributed by atoms with Crippen LogP contribution in [0, 0.1) is 12.8 Å². The summed E-state index contributed by atoms with van der Waals surface area (Å²) in [4.78, 5) is 11.7. The Morgan fingerprint density at radius 3 is 2.72 bits per heavy atom. The molecular formula is C15H23NO2. The van der Waals surface area contributed by atoms with Crippen molar-refractivity contribution in [2.45, 2.75) is 39.8 Å². The minimum Gasteiger partial charge on any atom is -0.468 e. The van der Waals surface area contributed by atoms with E-state index in [0.29, 0.717) is 6.54 Å².